The highest BCUT2D eigenvalue weighted by Crippen LogP contribution is 2.29. The number of alkyl halides is 2. The lowest BCUT2D eigenvalue weighted by Crippen LogP contribution is -2.02. The highest BCUT2D eigenvalue weighted by Gasteiger charge is 2.18. The van der Waals surface area contributed by atoms with Crippen molar-refractivity contribution in [2.24, 2.45) is 0 Å². The lowest BCUT2D eigenvalue weighted by molar-refractivity contribution is 0.0998. The predicted octanol–water partition coefficient (Wildman–Crippen LogP) is 3.90. The van der Waals surface area contributed by atoms with Gasteiger partial charge in [-0.1, -0.05) is 15.9 Å². The molecule has 4 heteroatoms. The van der Waals surface area contributed by atoms with Crippen LogP contribution in [0.4, 0.5) is 8.78 Å². The van der Waals surface area contributed by atoms with Crippen LogP contribution in [-0.2, 0) is 0 Å². The van der Waals surface area contributed by atoms with Gasteiger partial charge in [0, 0.05) is 15.6 Å². The predicted molar refractivity (Wildman–Crippen MR) is 53.8 cm³/mol. The van der Waals surface area contributed by atoms with Gasteiger partial charge in [0.25, 0.3) is 6.43 Å². The molecule has 0 aliphatic carbocycles. The number of hydrogen-bond donors (Lipinski definition) is 0. The fourth-order valence-electron chi connectivity index (χ4n) is 1.34. The Morgan fingerprint density at radius 1 is 1.43 bits per heavy atom. The van der Waals surface area contributed by atoms with Gasteiger partial charge in [0.05, 0.1) is 0 Å². The van der Waals surface area contributed by atoms with Gasteiger partial charge in [0.15, 0.2) is 5.78 Å². The zero-order valence-corrected chi connectivity index (χ0v) is 9.36. The zero-order valence-electron chi connectivity index (χ0n) is 7.77. The Labute approximate surface area is 89.3 Å². The smallest absolute Gasteiger partial charge is 0.264 e. The summed E-state index contributed by atoms with van der Waals surface area (Å²) >= 11 is 3.17. The molecule has 0 aliphatic rings. The van der Waals surface area contributed by atoms with Crippen molar-refractivity contribution in [3.8, 4) is 0 Å². The molecule has 0 bridgehead atoms. The third kappa shape index (κ3) is 2.18. The first-order chi connectivity index (χ1) is 6.43. The average molecular weight is 263 g/mol. The van der Waals surface area contributed by atoms with E-state index in [-0.39, 0.29) is 16.9 Å². The minimum absolute atomic E-state index is 0.0897. The van der Waals surface area contributed by atoms with E-state index in [9.17, 15) is 13.6 Å². The third-order valence-corrected chi connectivity index (χ3v) is 2.41. The minimum atomic E-state index is -2.61. The van der Waals surface area contributed by atoms with Crippen LogP contribution in [0.15, 0.2) is 16.6 Å². The van der Waals surface area contributed by atoms with Crippen molar-refractivity contribution in [1.82, 2.24) is 0 Å². The number of aryl methyl sites for hydroxylation is 1. The van der Waals surface area contributed by atoms with Gasteiger partial charge in [-0.3, -0.25) is 4.79 Å². The number of Topliss-reactive ketones (excluding diaryl/α,β-unsaturated/α-hetero) is 1. The van der Waals surface area contributed by atoms with E-state index in [2.05, 4.69) is 15.9 Å². The summed E-state index contributed by atoms with van der Waals surface area (Å²) in [5, 5.41) is 0. The van der Waals surface area contributed by atoms with E-state index in [1.54, 1.807) is 13.0 Å². The molecule has 1 aromatic carbocycles. The molecule has 1 nitrogen and oxygen atoms in total. The SMILES string of the molecule is CC(=O)c1cc(Br)cc(C)c1C(F)F. The Morgan fingerprint density at radius 3 is 2.43 bits per heavy atom. The fraction of sp³-hybridized carbons (Fsp3) is 0.300. The van der Waals surface area contributed by atoms with Crippen LogP contribution in [-0.4, -0.2) is 5.78 Å². The minimum Gasteiger partial charge on any atom is -0.294 e. The third-order valence-electron chi connectivity index (χ3n) is 1.95. The van der Waals surface area contributed by atoms with Gasteiger partial charge in [0.1, 0.15) is 0 Å². The largest absolute Gasteiger partial charge is 0.294 e. The van der Waals surface area contributed by atoms with Crippen LogP contribution in [0.1, 0.15) is 34.8 Å². The second-order valence-corrected chi connectivity index (χ2v) is 3.96. The van der Waals surface area contributed by atoms with E-state index in [1.165, 1.54) is 13.0 Å². The Kier molecular flexibility index (Phi) is 3.37. The Bertz CT molecular complexity index is 375. The van der Waals surface area contributed by atoms with E-state index in [0.717, 1.165) is 0 Å². The van der Waals surface area contributed by atoms with Crippen LogP contribution >= 0.6 is 15.9 Å². The highest BCUT2D eigenvalue weighted by molar-refractivity contribution is 9.10. The molecule has 1 aromatic rings. The van der Waals surface area contributed by atoms with Crippen molar-refractivity contribution >= 4 is 21.7 Å². The second kappa shape index (κ2) is 4.17. The second-order valence-electron chi connectivity index (χ2n) is 3.04. The van der Waals surface area contributed by atoms with Gasteiger partial charge >= 0.3 is 0 Å². The molecule has 14 heavy (non-hydrogen) atoms. The van der Waals surface area contributed by atoms with Gasteiger partial charge in [0.2, 0.25) is 0 Å². The van der Waals surface area contributed by atoms with Crippen LogP contribution < -0.4 is 0 Å². The topological polar surface area (TPSA) is 17.1 Å². The molecule has 0 radical (unpaired) electrons. The van der Waals surface area contributed by atoms with E-state index < -0.39 is 6.43 Å². The van der Waals surface area contributed by atoms with E-state index in [0.29, 0.717) is 10.0 Å². The molecule has 76 valence electrons. The van der Waals surface area contributed by atoms with Gasteiger partial charge in [-0.25, -0.2) is 8.78 Å². The fourth-order valence-corrected chi connectivity index (χ4v) is 1.91. The molecule has 0 aromatic heterocycles. The molecule has 0 amide bonds. The van der Waals surface area contributed by atoms with Gasteiger partial charge < -0.3 is 0 Å². The van der Waals surface area contributed by atoms with Crippen LogP contribution in [0.3, 0.4) is 0 Å². The van der Waals surface area contributed by atoms with Crippen molar-refractivity contribution in [2.75, 3.05) is 0 Å². The van der Waals surface area contributed by atoms with Crippen LogP contribution in [0.25, 0.3) is 0 Å². The number of ketones is 1. The summed E-state index contributed by atoms with van der Waals surface area (Å²) in [5.41, 5.74) is 0.354. The Hall–Kier alpha value is -0.770. The lowest BCUT2D eigenvalue weighted by atomic mass is 10.00. The number of rotatable bonds is 2. The summed E-state index contributed by atoms with van der Waals surface area (Å²) in [6, 6.07) is 3.00. The van der Waals surface area contributed by atoms with Crippen molar-refractivity contribution in [3.63, 3.8) is 0 Å². The first-order valence-electron chi connectivity index (χ1n) is 4.02. The highest BCUT2D eigenvalue weighted by atomic mass is 79.9. The van der Waals surface area contributed by atoms with Gasteiger partial charge in [-0.15, -0.1) is 0 Å². The van der Waals surface area contributed by atoms with E-state index >= 15 is 0 Å². The first kappa shape index (κ1) is 11.3. The first-order valence-corrected chi connectivity index (χ1v) is 4.82. The lowest BCUT2D eigenvalue weighted by Gasteiger charge is -2.10. The summed E-state index contributed by atoms with van der Waals surface area (Å²) in [6.45, 7) is 2.85. The molecule has 0 N–H and O–H groups in total. The van der Waals surface area contributed by atoms with E-state index in [1.807, 2.05) is 0 Å². The van der Waals surface area contributed by atoms with Crippen LogP contribution in [0.2, 0.25) is 0 Å². The Morgan fingerprint density at radius 2 is 2.00 bits per heavy atom. The summed E-state index contributed by atoms with van der Waals surface area (Å²) in [7, 11) is 0. The zero-order chi connectivity index (χ0) is 10.9. The van der Waals surface area contributed by atoms with Gasteiger partial charge in [-0.2, -0.15) is 0 Å². The molecule has 0 spiro atoms. The van der Waals surface area contributed by atoms with Crippen molar-refractivity contribution in [3.05, 3.63) is 33.3 Å². The molecule has 0 aliphatic heterocycles. The maximum atomic E-state index is 12.6. The van der Waals surface area contributed by atoms with Crippen molar-refractivity contribution < 1.29 is 13.6 Å². The normalized spacial score (nSPS) is 10.7. The number of halogens is 3. The number of benzene rings is 1. The van der Waals surface area contributed by atoms with Crippen molar-refractivity contribution in [1.29, 1.82) is 0 Å². The molecule has 0 fully saturated rings. The summed E-state index contributed by atoms with van der Waals surface area (Å²) in [5.74, 6) is -0.343. The molecule has 0 atom stereocenters. The quantitative estimate of drug-likeness (QED) is 0.739. The van der Waals surface area contributed by atoms with Crippen molar-refractivity contribution in [2.45, 2.75) is 20.3 Å². The molecular weight excluding hydrogens is 254 g/mol. The standard InChI is InChI=1S/C10H9BrF2O/c1-5-3-7(11)4-8(6(2)14)9(5)10(12)13/h3-4,10H,1-2H3. The monoisotopic (exact) mass is 262 g/mol. The maximum Gasteiger partial charge on any atom is 0.264 e. The molecule has 1 rings (SSSR count). The van der Waals surface area contributed by atoms with Crippen LogP contribution in [0.5, 0.6) is 0 Å². The molecule has 0 saturated carbocycles. The Balaban J connectivity index is 3.44. The maximum absolute atomic E-state index is 12.6. The van der Waals surface area contributed by atoms with Crippen LogP contribution in [0, 0.1) is 6.92 Å². The summed E-state index contributed by atoms with van der Waals surface area (Å²) in [6.07, 6.45) is -2.61. The average Bonchev–Trinajstić information content (AvgIpc) is 2.01. The summed E-state index contributed by atoms with van der Waals surface area (Å²) in [4.78, 5) is 11.1. The molecule has 0 heterocycles. The van der Waals surface area contributed by atoms with Gasteiger partial charge in [-0.05, 0) is 31.5 Å². The number of hydrogen-bond acceptors (Lipinski definition) is 1. The molecular formula is C10H9BrF2O. The summed E-state index contributed by atoms with van der Waals surface area (Å²) < 4.78 is 25.9. The molecule has 0 unspecified atom stereocenters. The number of carbonyl (C=O) groups excluding carboxylic acids is 1. The molecule has 0 saturated heterocycles. The number of carbonyl (C=O) groups is 1. The van der Waals surface area contributed by atoms with E-state index in [4.69, 9.17) is 0 Å².